The average Bonchev–Trinajstić information content (AvgIpc) is 3.09. The molecule has 1 aromatic carbocycles. The zero-order chi connectivity index (χ0) is 18.6. The molecule has 1 aliphatic rings. The average molecular weight is 349 g/mol. The van der Waals surface area contributed by atoms with Gasteiger partial charge in [0.05, 0.1) is 23.6 Å². The highest BCUT2D eigenvalue weighted by atomic mass is 16.4. The van der Waals surface area contributed by atoms with Crippen molar-refractivity contribution < 1.29 is 29.7 Å². The molecule has 2 atom stereocenters. The third kappa shape index (κ3) is 4.32. The number of likely N-dealkylation sites (tertiary alicyclic amines) is 1. The second kappa shape index (κ2) is 7.75. The molecule has 2 heterocycles. The van der Waals surface area contributed by atoms with Crippen molar-refractivity contribution >= 4 is 29.4 Å². The van der Waals surface area contributed by atoms with E-state index in [2.05, 4.69) is 9.97 Å². The molecule has 25 heavy (non-hydrogen) atoms. The minimum Gasteiger partial charge on any atom is -0.483 e. The number of aliphatic hydroxyl groups is 1. The minimum atomic E-state index is -1.08. The van der Waals surface area contributed by atoms with Gasteiger partial charge in [-0.25, -0.2) is 9.78 Å². The van der Waals surface area contributed by atoms with Crippen LogP contribution in [-0.4, -0.2) is 67.2 Å². The van der Waals surface area contributed by atoms with Crippen molar-refractivity contribution in [3.05, 3.63) is 29.6 Å². The van der Waals surface area contributed by atoms with Gasteiger partial charge < -0.3 is 25.2 Å². The molecule has 1 fully saturated rings. The van der Waals surface area contributed by atoms with Gasteiger partial charge in [0.25, 0.3) is 6.47 Å². The Labute approximate surface area is 142 Å². The number of nitrogens with zero attached hydrogens (tertiary/aromatic N) is 2. The monoisotopic (exact) mass is 349 g/mol. The Morgan fingerprint density at radius 1 is 1.44 bits per heavy atom. The summed E-state index contributed by atoms with van der Waals surface area (Å²) in [5.74, 6) is -0.573. The van der Waals surface area contributed by atoms with Crippen LogP contribution in [-0.2, 0) is 20.8 Å². The Balaban J connectivity index is 0.000000701. The first kappa shape index (κ1) is 18.4. The Hall–Kier alpha value is -2.94. The van der Waals surface area contributed by atoms with Crippen LogP contribution in [0.2, 0.25) is 0 Å². The summed E-state index contributed by atoms with van der Waals surface area (Å²) in [7, 11) is 0. The number of aliphatic hydroxyl groups excluding tert-OH is 1. The van der Waals surface area contributed by atoms with Crippen LogP contribution in [0.3, 0.4) is 0 Å². The highest BCUT2D eigenvalue weighted by molar-refractivity contribution is 5.86. The first-order valence-corrected chi connectivity index (χ1v) is 7.59. The number of benzene rings is 1. The van der Waals surface area contributed by atoms with Crippen LogP contribution in [0.1, 0.15) is 17.8 Å². The van der Waals surface area contributed by atoms with Crippen molar-refractivity contribution in [1.29, 1.82) is 0 Å². The maximum atomic E-state index is 12.3. The Morgan fingerprint density at radius 3 is 2.76 bits per heavy atom. The SMILES string of the molecule is Cc1nc2ccc(CC(=O)N3C[C@H](O)C[C@H]3C(=O)O)cc2[nH]1.O=CO. The first-order valence-electron chi connectivity index (χ1n) is 7.59. The molecule has 0 bridgehead atoms. The summed E-state index contributed by atoms with van der Waals surface area (Å²) in [5, 5.41) is 25.6. The van der Waals surface area contributed by atoms with E-state index >= 15 is 0 Å². The lowest BCUT2D eigenvalue weighted by atomic mass is 10.1. The second-order valence-electron chi connectivity index (χ2n) is 5.75. The fraction of sp³-hybridized carbons (Fsp3) is 0.375. The minimum absolute atomic E-state index is 0.0706. The zero-order valence-electron chi connectivity index (χ0n) is 13.5. The van der Waals surface area contributed by atoms with Crippen molar-refractivity contribution in [2.24, 2.45) is 0 Å². The Morgan fingerprint density at radius 2 is 2.12 bits per heavy atom. The van der Waals surface area contributed by atoms with Gasteiger partial charge in [-0.05, 0) is 24.6 Å². The van der Waals surface area contributed by atoms with E-state index in [4.69, 9.17) is 15.0 Å². The zero-order valence-corrected chi connectivity index (χ0v) is 13.5. The number of carboxylic acid groups (broad SMARTS) is 2. The molecule has 1 aliphatic heterocycles. The quantitative estimate of drug-likeness (QED) is 0.578. The van der Waals surface area contributed by atoms with E-state index in [1.165, 1.54) is 4.90 Å². The highest BCUT2D eigenvalue weighted by Gasteiger charge is 2.38. The van der Waals surface area contributed by atoms with Crippen molar-refractivity contribution in [1.82, 2.24) is 14.9 Å². The molecule has 0 radical (unpaired) electrons. The van der Waals surface area contributed by atoms with Gasteiger partial charge in [-0.15, -0.1) is 0 Å². The molecule has 1 amide bonds. The molecule has 9 nitrogen and oxygen atoms in total. The summed E-state index contributed by atoms with van der Waals surface area (Å²) in [6, 6.07) is 4.54. The van der Waals surface area contributed by atoms with E-state index in [9.17, 15) is 14.7 Å². The molecule has 0 unspecified atom stereocenters. The Bertz CT molecular complexity index is 787. The molecule has 4 N–H and O–H groups in total. The summed E-state index contributed by atoms with van der Waals surface area (Å²) in [6.07, 6.45) is -0.590. The number of fused-ring (bicyclic) bond motifs is 1. The van der Waals surface area contributed by atoms with Gasteiger partial charge in [-0.3, -0.25) is 9.59 Å². The van der Waals surface area contributed by atoms with Gasteiger partial charge in [0, 0.05) is 13.0 Å². The number of aliphatic carboxylic acids is 1. The van der Waals surface area contributed by atoms with Gasteiger partial charge in [0.15, 0.2) is 0 Å². The number of rotatable bonds is 3. The summed E-state index contributed by atoms with van der Waals surface area (Å²) in [5.41, 5.74) is 2.46. The lowest BCUT2D eigenvalue weighted by Crippen LogP contribution is -2.41. The van der Waals surface area contributed by atoms with E-state index in [1.54, 1.807) is 0 Å². The number of β-amino-alcohol motifs (C(OH)–C–C–N with tert-alkyl or cyclic N) is 1. The molecular formula is C16H19N3O6. The number of hydrogen-bond acceptors (Lipinski definition) is 5. The van der Waals surface area contributed by atoms with Crippen LogP contribution in [0, 0.1) is 6.92 Å². The van der Waals surface area contributed by atoms with Crippen LogP contribution < -0.4 is 0 Å². The number of nitrogens with one attached hydrogen (secondary N) is 1. The highest BCUT2D eigenvalue weighted by Crippen LogP contribution is 2.20. The third-order valence-corrected chi connectivity index (χ3v) is 3.90. The third-order valence-electron chi connectivity index (χ3n) is 3.90. The predicted molar refractivity (Wildman–Crippen MR) is 87.0 cm³/mol. The number of carboxylic acids is 1. The normalized spacial score (nSPS) is 19.4. The van der Waals surface area contributed by atoms with Gasteiger partial charge in [-0.2, -0.15) is 0 Å². The molecule has 134 valence electrons. The molecule has 2 aromatic rings. The number of aromatic amines is 1. The largest absolute Gasteiger partial charge is 0.483 e. The molecule has 0 saturated carbocycles. The van der Waals surface area contributed by atoms with Crippen LogP contribution in [0.5, 0.6) is 0 Å². The fourth-order valence-corrected chi connectivity index (χ4v) is 2.89. The standard InChI is InChI=1S/C15H17N3O4.CH2O2/c1-8-16-11-3-2-9(4-12(11)17-8)5-14(20)18-7-10(19)6-13(18)15(21)22;2-1-3/h2-4,10,13,19H,5-7H2,1H3,(H,16,17)(H,21,22);1H,(H,2,3)/t10-,13+;/m1./s1. The number of hydrogen-bond donors (Lipinski definition) is 4. The lowest BCUT2D eigenvalue weighted by molar-refractivity contribution is -0.148. The Kier molecular flexibility index (Phi) is 5.71. The van der Waals surface area contributed by atoms with Crippen LogP contribution in [0.4, 0.5) is 0 Å². The van der Waals surface area contributed by atoms with Crippen LogP contribution in [0.15, 0.2) is 18.2 Å². The molecule has 1 saturated heterocycles. The van der Waals surface area contributed by atoms with Crippen molar-refractivity contribution in [3.63, 3.8) is 0 Å². The predicted octanol–water partition coefficient (Wildman–Crippen LogP) is 0.161. The number of imidazole rings is 1. The van der Waals surface area contributed by atoms with E-state index in [0.717, 1.165) is 22.4 Å². The van der Waals surface area contributed by atoms with E-state index < -0.39 is 18.1 Å². The number of aromatic nitrogens is 2. The fourth-order valence-electron chi connectivity index (χ4n) is 2.89. The van der Waals surface area contributed by atoms with E-state index in [0.29, 0.717) is 0 Å². The number of carbonyl (C=O) groups is 3. The van der Waals surface area contributed by atoms with Gasteiger partial charge in [-0.1, -0.05) is 6.07 Å². The van der Waals surface area contributed by atoms with Crippen LogP contribution >= 0.6 is 0 Å². The summed E-state index contributed by atoms with van der Waals surface area (Å²) < 4.78 is 0. The molecule has 1 aromatic heterocycles. The topological polar surface area (TPSA) is 144 Å². The van der Waals surface area contributed by atoms with Crippen LogP contribution in [0.25, 0.3) is 11.0 Å². The molecule has 9 heteroatoms. The summed E-state index contributed by atoms with van der Waals surface area (Å²) in [6.45, 7) is 1.68. The lowest BCUT2D eigenvalue weighted by Gasteiger charge is -2.21. The maximum absolute atomic E-state index is 12.3. The molecule has 3 rings (SSSR count). The smallest absolute Gasteiger partial charge is 0.326 e. The molecule has 0 aliphatic carbocycles. The van der Waals surface area contributed by atoms with Crippen molar-refractivity contribution in [2.45, 2.75) is 31.9 Å². The maximum Gasteiger partial charge on any atom is 0.326 e. The van der Waals surface area contributed by atoms with Gasteiger partial charge >= 0.3 is 5.97 Å². The number of carbonyl (C=O) groups excluding carboxylic acids is 1. The van der Waals surface area contributed by atoms with Crippen molar-refractivity contribution in [3.8, 4) is 0 Å². The van der Waals surface area contributed by atoms with Gasteiger partial charge in [0.2, 0.25) is 5.91 Å². The summed E-state index contributed by atoms with van der Waals surface area (Å²) >= 11 is 0. The number of aryl methyl sites for hydroxylation is 1. The van der Waals surface area contributed by atoms with E-state index in [1.807, 2.05) is 25.1 Å². The van der Waals surface area contributed by atoms with Crippen molar-refractivity contribution in [2.75, 3.05) is 6.54 Å². The first-order chi connectivity index (χ1) is 11.8. The molecule has 0 spiro atoms. The van der Waals surface area contributed by atoms with E-state index in [-0.39, 0.29) is 31.8 Å². The second-order valence-corrected chi connectivity index (χ2v) is 5.75. The summed E-state index contributed by atoms with van der Waals surface area (Å²) in [4.78, 5) is 40.5. The number of amides is 1. The molecular weight excluding hydrogens is 330 g/mol. The van der Waals surface area contributed by atoms with Gasteiger partial charge in [0.1, 0.15) is 11.9 Å². The number of H-pyrrole nitrogens is 1.